The number of carbonyl (C=O) groups is 1. The van der Waals surface area contributed by atoms with Crippen molar-refractivity contribution in [3.63, 3.8) is 0 Å². The monoisotopic (exact) mass is 465 g/mol. The largest absolute Gasteiger partial charge is 0.504 e. The van der Waals surface area contributed by atoms with Crippen molar-refractivity contribution >= 4 is 27.7 Å². The second-order valence-corrected chi connectivity index (χ2v) is 8.67. The van der Waals surface area contributed by atoms with Gasteiger partial charge in [0.05, 0.1) is 59.9 Å². The molecule has 0 aliphatic carbocycles. The first-order valence-corrected chi connectivity index (χ1v) is 11.6. The van der Waals surface area contributed by atoms with Crippen LogP contribution in [0.1, 0.15) is 28.5 Å². The SMILES string of the molecule is CCOC(=O)c1cc2cc(OC)c(O)c(Cn3ccnc3)c2nc1CS(=O)c1ccccc1. The van der Waals surface area contributed by atoms with E-state index in [-0.39, 0.29) is 36.0 Å². The van der Waals surface area contributed by atoms with Crippen molar-refractivity contribution in [2.75, 3.05) is 13.7 Å². The van der Waals surface area contributed by atoms with Gasteiger partial charge in [0.1, 0.15) is 0 Å². The Labute approximate surface area is 193 Å². The summed E-state index contributed by atoms with van der Waals surface area (Å²) in [5.41, 5.74) is 1.55. The molecule has 0 saturated carbocycles. The summed E-state index contributed by atoms with van der Waals surface area (Å²) in [6, 6.07) is 12.3. The van der Waals surface area contributed by atoms with Crippen molar-refractivity contribution in [1.29, 1.82) is 0 Å². The van der Waals surface area contributed by atoms with Gasteiger partial charge < -0.3 is 19.1 Å². The molecule has 4 rings (SSSR count). The Bertz CT molecular complexity index is 1310. The van der Waals surface area contributed by atoms with Gasteiger partial charge in [-0.05, 0) is 31.2 Å². The molecule has 1 atom stereocenters. The summed E-state index contributed by atoms with van der Waals surface area (Å²) in [5.74, 6) is -0.319. The minimum absolute atomic E-state index is 0.0193. The van der Waals surface area contributed by atoms with Gasteiger partial charge in [0.15, 0.2) is 11.5 Å². The number of hydrogen-bond donors (Lipinski definition) is 1. The maximum atomic E-state index is 13.0. The molecule has 1 unspecified atom stereocenters. The molecule has 0 saturated heterocycles. The van der Waals surface area contributed by atoms with Gasteiger partial charge in [-0.1, -0.05) is 18.2 Å². The van der Waals surface area contributed by atoms with E-state index >= 15 is 0 Å². The minimum Gasteiger partial charge on any atom is -0.504 e. The lowest BCUT2D eigenvalue weighted by molar-refractivity contribution is 0.0525. The zero-order chi connectivity index (χ0) is 23.4. The molecule has 1 N–H and O–H groups in total. The van der Waals surface area contributed by atoms with Crippen LogP contribution in [0.15, 0.2) is 66.1 Å². The first-order chi connectivity index (χ1) is 16.0. The lowest BCUT2D eigenvalue weighted by Crippen LogP contribution is -2.13. The van der Waals surface area contributed by atoms with Crippen LogP contribution in [-0.2, 0) is 27.8 Å². The molecule has 0 bridgehead atoms. The minimum atomic E-state index is -1.43. The Morgan fingerprint density at radius 2 is 2.00 bits per heavy atom. The number of carbonyl (C=O) groups excluding carboxylic acids is 1. The fourth-order valence-electron chi connectivity index (χ4n) is 3.53. The van der Waals surface area contributed by atoms with E-state index in [1.807, 2.05) is 6.07 Å². The molecule has 0 aliphatic rings. The van der Waals surface area contributed by atoms with Crippen LogP contribution in [0.5, 0.6) is 11.5 Å². The molecule has 9 heteroatoms. The summed E-state index contributed by atoms with van der Waals surface area (Å²) in [4.78, 5) is 22.1. The third kappa shape index (κ3) is 4.73. The van der Waals surface area contributed by atoms with Crippen molar-refractivity contribution in [1.82, 2.24) is 14.5 Å². The molecular formula is C24H23N3O5S. The van der Waals surface area contributed by atoms with Crippen LogP contribution in [0.25, 0.3) is 10.9 Å². The summed E-state index contributed by atoms with van der Waals surface area (Å²) >= 11 is 0. The van der Waals surface area contributed by atoms with Crippen molar-refractivity contribution in [3.05, 3.63) is 78.0 Å². The molecule has 2 aromatic carbocycles. The second-order valence-electron chi connectivity index (χ2n) is 7.22. The standard InChI is InChI=1S/C24H23N3O5S/c1-3-32-24(29)18-11-16-12-21(31-2)23(28)19(13-27-10-9-25-15-27)22(16)26-20(18)14-33(30)17-7-5-4-6-8-17/h4-12,15,28H,3,13-14H2,1-2H3. The predicted molar refractivity (Wildman–Crippen MR) is 124 cm³/mol. The number of aromatic hydroxyl groups is 1. The first kappa shape index (κ1) is 22.5. The highest BCUT2D eigenvalue weighted by molar-refractivity contribution is 7.84. The van der Waals surface area contributed by atoms with Crippen molar-refractivity contribution < 1.29 is 23.6 Å². The van der Waals surface area contributed by atoms with Crippen molar-refractivity contribution in [3.8, 4) is 11.5 Å². The highest BCUT2D eigenvalue weighted by atomic mass is 32.2. The lowest BCUT2D eigenvalue weighted by atomic mass is 10.0. The molecular weight excluding hydrogens is 442 g/mol. The summed E-state index contributed by atoms with van der Waals surface area (Å²) < 4.78 is 25.4. The van der Waals surface area contributed by atoms with Crippen LogP contribution < -0.4 is 4.74 Å². The molecule has 4 aromatic rings. The van der Waals surface area contributed by atoms with E-state index in [4.69, 9.17) is 14.5 Å². The molecule has 2 aromatic heterocycles. The number of nitrogens with zero attached hydrogens (tertiary/aromatic N) is 3. The first-order valence-electron chi connectivity index (χ1n) is 10.3. The number of hydrogen-bond acceptors (Lipinski definition) is 7. The highest BCUT2D eigenvalue weighted by Crippen LogP contribution is 2.37. The van der Waals surface area contributed by atoms with Crippen LogP contribution in [0, 0.1) is 0 Å². The Kier molecular flexibility index (Phi) is 6.69. The fourth-order valence-corrected chi connectivity index (χ4v) is 4.63. The molecule has 170 valence electrons. The summed E-state index contributed by atoms with van der Waals surface area (Å²) in [5, 5.41) is 11.4. The molecule has 0 radical (unpaired) electrons. The van der Waals surface area contributed by atoms with Crippen LogP contribution in [0.4, 0.5) is 0 Å². The maximum absolute atomic E-state index is 13.0. The van der Waals surface area contributed by atoms with Crippen LogP contribution in [0.3, 0.4) is 0 Å². The number of phenolic OH excluding ortho intramolecular Hbond substituents is 1. The van der Waals surface area contributed by atoms with Crippen molar-refractivity contribution in [2.24, 2.45) is 0 Å². The number of pyridine rings is 1. The van der Waals surface area contributed by atoms with Gasteiger partial charge >= 0.3 is 5.97 Å². The summed E-state index contributed by atoms with van der Waals surface area (Å²) in [6.45, 7) is 2.20. The molecule has 33 heavy (non-hydrogen) atoms. The quantitative estimate of drug-likeness (QED) is 0.396. The Morgan fingerprint density at radius 1 is 1.21 bits per heavy atom. The number of aromatic nitrogens is 3. The zero-order valence-corrected chi connectivity index (χ0v) is 19.0. The smallest absolute Gasteiger partial charge is 0.340 e. The number of ether oxygens (including phenoxy) is 2. The number of esters is 1. The Morgan fingerprint density at radius 3 is 2.67 bits per heavy atom. The van der Waals surface area contributed by atoms with Gasteiger partial charge in [0, 0.05) is 28.2 Å². The van der Waals surface area contributed by atoms with E-state index in [1.165, 1.54) is 7.11 Å². The maximum Gasteiger partial charge on any atom is 0.340 e. The van der Waals surface area contributed by atoms with Gasteiger partial charge in [0.2, 0.25) is 0 Å². The Hall–Kier alpha value is -3.72. The van der Waals surface area contributed by atoms with Gasteiger partial charge in [-0.15, -0.1) is 0 Å². The van der Waals surface area contributed by atoms with Crippen molar-refractivity contribution in [2.45, 2.75) is 24.1 Å². The lowest BCUT2D eigenvalue weighted by Gasteiger charge is -2.16. The van der Waals surface area contributed by atoms with E-state index in [0.29, 0.717) is 27.1 Å². The third-order valence-corrected chi connectivity index (χ3v) is 6.45. The number of benzene rings is 2. The van der Waals surface area contributed by atoms with Gasteiger partial charge in [-0.25, -0.2) is 9.78 Å². The molecule has 2 heterocycles. The second kappa shape index (κ2) is 9.83. The Balaban J connectivity index is 1.89. The molecule has 0 spiro atoms. The van der Waals surface area contributed by atoms with Crippen LogP contribution >= 0.6 is 0 Å². The third-order valence-electron chi connectivity index (χ3n) is 5.11. The fraction of sp³-hybridized carbons (Fsp3) is 0.208. The number of methoxy groups -OCH3 is 1. The van der Waals surface area contributed by atoms with Gasteiger partial charge in [-0.3, -0.25) is 9.19 Å². The predicted octanol–water partition coefficient (Wildman–Crippen LogP) is 3.68. The van der Waals surface area contributed by atoms with Crippen LogP contribution in [-0.4, -0.2) is 43.5 Å². The molecule has 0 aliphatic heterocycles. The van der Waals surface area contributed by atoms with Gasteiger partial charge in [-0.2, -0.15) is 0 Å². The van der Waals surface area contributed by atoms with Crippen LogP contribution in [0.2, 0.25) is 0 Å². The zero-order valence-electron chi connectivity index (χ0n) is 18.2. The van der Waals surface area contributed by atoms with E-state index < -0.39 is 16.8 Å². The molecule has 0 amide bonds. The van der Waals surface area contributed by atoms with E-state index in [9.17, 15) is 14.1 Å². The van der Waals surface area contributed by atoms with Gasteiger partial charge in [0.25, 0.3) is 0 Å². The number of fused-ring (bicyclic) bond motifs is 1. The summed E-state index contributed by atoms with van der Waals surface area (Å²) in [6.07, 6.45) is 5.03. The highest BCUT2D eigenvalue weighted by Gasteiger charge is 2.22. The number of rotatable bonds is 8. The van der Waals surface area contributed by atoms with E-state index in [0.717, 1.165) is 0 Å². The summed E-state index contributed by atoms with van der Waals surface area (Å²) in [7, 11) is 0.0271. The average molecular weight is 466 g/mol. The topological polar surface area (TPSA) is 104 Å². The van der Waals surface area contributed by atoms with E-state index in [2.05, 4.69) is 4.98 Å². The number of phenols is 1. The average Bonchev–Trinajstić information content (AvgIpc) is 3.34. The molecule has 0 fully saturated rings. The number of imidazole rings is 1. The van der Waals surface area contributed by atoms with E-state index in [1.54, 1.807) is 66.6 Å². The molecule has 8 nitrogen and oxygen atoms in total. The normalized spacial score (nSPS) is 11.9.